The molecule has 0 bridgehead atoms. The number of hydrogen-bond donors (Lipinski definition) is 0. The van der Waals surface area contributed by atoms with Gasteiger partial charge in [0.25, 0.3) is 0 Å². The fraction of sp³-hybridized carbons (Fsp3) is 0.321. The average Bonchev–Trinajstić information content (AvgIpc) is 2.79. The summed E-state index contributed by atoms with van der Waals surface area (Å²) in [5, 5.41) is 1.40. The van der Waals surface area contributed by atoms with Gasteiger partial charge in [-0.2, -0.15) is 0 Å². The Morgan fingerprint density at radius 3 is 2.35 bits per heavy atom. The van der Waals surface area contributed by atoms with Gasteiger partial charge >= 0.3 is 0 Å². The van der Waals surface area contributed by atoms with Crippen LogP contribution in [-0.4, -0.2) is 13.3 Å². The Morgan fingerprint density at radius 2 is 1.68 bits per heavy atom. The number of nitrogens with zero attached hydrogens (tertiary/aromatic N) is 1. The molecular formula is C28H34NOP. The van der Waals surface area contributed by atoms with Gasteiger partial charge in [-0.15, -0.1) is 0 Å². The molecule has 31 heavy (non-hydrogen) atoms. The molecule has 2 nitrogen and oxygen atoms in total. The monoisotopic (exact) mass is 431 g/mol. The lowest BCUT2D eigenvalue weighted by Crippen LogP contribution is -2.24. The van der Waals surface area contributed by atoms with Crippen LogP contribution in [0.4, 0.5) is 0 Å². The minimum absolute atomic E-state index is 0.0314. The van der Waals surface area contributed by atoms with Crippen molar-refractivity contribution in [3.63, 3.8) is 0 Å². The molecule has 0 N–H and O–H groups in total. The number of aryl methyl sites for hydroxylation is 2. The summed E-state index contributed by atoms with van der Waals surface area (Å²) < 4.78 is 6.48. The molecule has 3 rings (SSSR count). The Hall–Kier alpha value is -2.44. The first-order chi connectivity index (χ1) is 15.0. The Labute approximate surface area is 189 Å². The van der Waals surface area contributed by atoms with Crippen LogP contribution in [0.25, 0.3) is 0 Å². The third-order valence-corrected chi connectivity index (χ3v) is 8.19. The lowest BCUT2D eigenvalue weighted by Gasteiger charge is -2.35. The molecule has 3 aromatic carbocycles. The molecule has 0 fully saturated rings. The van der Waals surface area contributed by atoms with Crippen molar-refractivity contribution in [1.29, 1.82) is 0 Å². The van der Waals surface area contributed by atoms with E-state index in [0.717, 1.165) is 18.6 Å². The average molecular weight is 432 g/mol. The predicted molar refractivity (Wildman–Crippen MR) is 137 cm³/mol. The molecule has 1 unspecified atom stereocenters. The molecule has 3 heteroatoms. The number of rotatable bonds is 9. The zero-order valence-electron chi connectivity index (χ0n) is 19.4. The van der Waals surface area contributed by atoms with Gasteiger partial charge in [0.1, 0.15) is 12.4 Å². The van der Waals surface area contributed by atoms with Gasteiger partial charge in [-0.25, -0.2) is 0 Å². The fourth-order valence-electron chi connectivity index (χ4n) is 4.13. The molecule has 0 radical (unpaired) electrons. The number of hydrogen-bond acceptors (Lipinski definition) is 2. The van der Waals surface area contributed by atoms with Crippen LogP contribution in [-0.2, 0) is 11.8 Å². The van der Waals surface area contributed by atoms with Crippen molar-refractivity contribution in [2.45, 2.75) is 52.3 Å². The van der Waals surface area contributed by atoms with Crippen molar-refractivity contribution in [2.24, 2.45) is 4.99 Å². The van der Waals surface area contributed by atoms with E-state index in [0.29, 0.717) is 15.2 Å². The second-order valence-electron chi connectivity index (χ2n) is 8.12. The molecule has 0 aliphatic carbocycles. The first kappa shape index (κ1) is 23.2. The summed E-state index contributed by atoms with van der Waals surface area (Å²) in [6.07, 6.45) is 4.11. The van der Waals surface area contributed by atoms with Gasteiger partial charge in [-0.1, -0.05) is 88.7 Å². The van der Waals surface area contributed by atoms with E-state index in [1.165, 1.54) is 33.1 Å². The van der Waals surface area contributed by atoms with Gasteiger partial charge in [0.2, 0.25) is 0 Å². The van der Waals surface area contributed by atoms with E-state index >= 15 is 0 Å². The van der Waals surface area contributed by atoms with E-state index in [2.05, 4.69) is 93.4 Å². The standard InChI is InChI=1S/C28H34NOP/c1-6-28(7-2,31-26-17-16-21(3)18-24(26)19-29-5)25-15-11-12-22(4)27(25)30-20-23-13-9-8-10-14-23/h8-19,31H,6-7,20H2,1-5H3. The zero-order chi connectivity index (χ0) is 22.3. The van der Waals surface area contributed by atoms with Crippen molar-refractivity contribution < 1.29 is 4.74 Å². The molecule has 0 spiro atoms. The van der Waals surface area contributed by atoms with Gasteiger partial charge < -0.3 is 4.74 Å². The van der Waals surface area contributed by atoms with Crippen molar-refractivity contribution in [1.82, 2.24) is 0 Å². The van der Waals surface area contributed by atoms with Crippen LogP contribution in [0.2, 0.25) is 0 Å². The predicted octanol–water partition coefficient (Wildman–Crippen LogP) is 6.95. The fourth-order valence-corrected chi connectivity index (χ4v) is 5.77. The van der Waals surface area contributed by atoms with Crippen molar-refractivity contribution in [3.8, 4) is 5.75 Å². The molecule has 0 saturated heterocycles. The SMILES string of the molecule is CCC(CC)(Pc1ccc(C)cc1C=NC)c1cccc(C)c1OCc1ccccc1. The van der Waals surface area contributed by atoms with Gasteiger partial charge in [0.15, 0.2) is 0 Å². The Balaban J connectivity index is 2.02. The second-order valence-corrected chi connectivity index (χ2v) is 9.86. The summed E-state index contributed by atoms with van der Waals surface area (Å²) in [4.78, 5) is 4.31. The first-order valence-corrected chi connectivity index (χ1v) is 12.1. The molecule has 0 aromatic heterocycles. The van der Waals surface area contributed by atoms with Crippen molar-refractivity contribution >= 4 is 20.1 Å². The second kappa shape index (κ2) is 10.7. The van der Waals surface area contributed by atoms with Crippen molar-refractivity contribution in [2.75, 3.05) is 7.05 Å². The molecule has 0 aliphatic rings. The summed E-state index contributed by atoms with van der Waals surface area (Å²) in [7, 11) is 2.49. The maximum absolute atomic E-state index is 6.48. The smallest absolute Gasteiger partial charge is 0.126 e. The molecule has 3 aromatic rings. The summed E-state index contributed by atoms with van der Waals surface area (Å²) in [6, 6.07) is 23.8. The lowest BCUT2D eigenvalue weighted by molar-refractivity contribution is 0.296. The largest absolute Gasteiger partial charge is 0.488 e. The van der Waals surface area contributed by atoms with Crippen LogP contribution >= 0.6 is 8.58 Å². The van der Waals surface area contributed by atoms with Gasteiger partial charge in [-0.05, 0) is 54.8 Å². The number of ether oxygens (including phenoxy) is 1. The molecule has 0 heterocycles. The van der Waals surface area contributed by atoms with Crippen LogP contribution in [0.15, 0.2) is 71.7 Å². The highest BCUT2D eigenvalue weighted by Gasteiger charge is 2.33. The molecular weight excluding hydrogens is 397 g/mol. The molecule has 0 amide bonds. The Kier molecular flexibility index (Phi) is 8.04. The molecule has 0 aliphatic heterocycles. The summed E-state index contributed by atoms with van der Waals surface area (Å²) in [5.74, 6) is 1.04. The zero-order valence-corrected chi connectivity index (χ0v) is 20.4. The highest BCUT2D eigenvalue weighted by atomic mass is 31.1. The lowest BCUT2D eigenvalue weighted by atomic mass is 9.90. The van der Waals surface area contributed by atoms with E-state index in [4.69, 9.17) is 4.74 Å². The number of aliphatic imine (C=N–C) groups is 1. The van der Waals surface area contributed by atoms with E-state index in [9.17, 15) is 0 Å². The molecule has 1 atom stereocenters. The van der Waals surface area contributed by atoms with Crippen LogP contribution in [0, 0.1) is 13.8 Å². The number of benzene rings is 3. The summed E-state index contributed by atoms with van der Waals surface area (Å²) in [5.41, 5.74) is 6.21. The summed E-state index contributed by atoms with van der Waals surface area (Å²) >= 11 is 0. The molecule has 162 valence electrons. The number of para-hydroxylation sites is 1. The third-order valence-electron chi connectivity index (χ3n) is 6.01. The minimum Gasteiger partial charge on any atom is -0.488 e. The van der Waals surface area contributed by atoms with E-state index < -0.39 is 0 Å². The Morgan fingerprint density at radius 1 is 0.935 bits per heavy atom. The third kappa shape index (κ3) is 5.43. The van der Waals surface area contributed by atoms with Gasteiger partial charge in [-0.3, -0.25) is 4.99 Å². The highest BCUT2D eigenvalue weighted by Crippen LogP contribution is 2.51. The Bertz CT molecular complexity index is 1020. The van der Waals surface area contributed by atoms with Gasteiger partial charge in [0.05, 0.1) is 0 Å². The highest BCUT2D eigenvalue weighted by molar-refractivity contribution is 7.48. The quantitative estimate of drug-likeness (QED) is 0.265. The van der Waals surface area contributed by atoms with E-state index in [-0.39, 0.29) is 5.16 Å². The normalized spacial score (nSPS) is 12.2. The van der Waals surface area contributed by atoms with E-state index in [1.54, 1.807) is 0 Å². The van der Waals surface area contributed by atoms with Crippen LogP contribution < -0.4 is 10.0 Å². The topological polar surface area (TPSA) is 21.6 Å². The minimum atomic E-state index is 0.0314. The van der Waals surface area contributed by atoms with E-state index in [1.807, 2.05) is 19.3 Å². The first-order valence-electron chi connectivity index (χ1n) is 11.1. The maximum Gasteiger partial charge on any atom is 0.126 e. The summed E-state index contributed by atoms with van der Waals surface area (Å²) in [6.45, 7) is 9.50. The molecule has 0 saturated carbocycles. The van der Waals surface area contributed by atoms with Gasteiger partial charge in [0, 0.05) is 24.0 Å². The van der Waals surface area contributed by atoms with Crippen LogP contribution in [0.5, 0.6) is 5.75 Å². The maximum atomic E-state index is 6.48. The van der Waals surface area contributed by atoms with Crippen LogP contribution in [0.3, 0.4) is 0 Å². The van der Waals surface area contributed by atoms with Crippen molar-refractivity contribution in [3.05, 3.63) is 94.5 Å². The van der Waals surface area contributed by atoms with Crippen LogP contribution in [0.1, 0.15) is 54.5 Å².